The van der Waals surface area contributed by atoms with Crippen molar-refractivity contribution in [2.45, 2.75) is 71.1 Å². The summed E-state index contributed by atoms with van der Waals surface area (Å²) in [6.07, 6.45) is 4.21. The van der Waals surface area contributed by atoms with Crippen molar-refractivity contribution in [1.29, 1.82) is 0 Å². The van der Waals surface area contributed by atoms with Crippen molar-refractivity contribution >= 4 is 6.09 Å². The number of piperidine rings is 1. The fourth-order valence-electron chi connectivity index (χ4n) is 2.59. The molecule has 1 rings (SSSR count). The van der Waals surface area contributed by atoms with E-state index in [0.717, 1.165) is 25.8 Å². The van der Waals surface area contributed by atoms with Crippen molar-refractivity contribution in [1.82, 2.24) is 10.2 Å². The van der Waals surface area contributed by atoms with Crippen molar-refractivity contribution in [3.8, 4) is 0 Å². The molecule has 4 nitrogen and oxygen atoms in total. The van der Waals surface area contributed by atoms with Gasteiger partial charge < -0.3 is 15.0 Å². The van der Waals surface area contributed by atoms with Crippen LogP contribution in [-0.4, -0.2) is 42.3 Å². The third-order valence-corrected chi connectivity index (χ3v) is 3.45. The van der Waals surface area contributed by atoms with Gasteiger partial charge >= 0.3 is 6.09 Å². The maximum absolute atomic E-state index is 12.2. The molecule has 1 aliphatic heterocycles. The SMILES string of the molecule is CC[C@@H](NC)[C@H]1CCCCN1C(=O)OC(C)(C)C. The van der Waals surface area contributed by atoms with Gasteiger partial charge in [0, 0.05) is 12.6 Å². The van der Waals surface area contributed by atoms with Gasteiger partial charge in [-0.2, -0.15) is 0 Å². The monoisotopic (exact) mass is 256 g/mol. The molecule has 1 aliphatic rings. The highest BCUT2D eigenvalue weighted by Crippen LogP contribution is 2.23. The average Bonchev–Trinajstić information content (AvgIpc) is 2.29. The number of nitrogens with zero attached hydrogens (tertiary/aromatic N) is 1. The van der Waals surface area contributed by atoms with Crippen LogP contribution < -0.4 is 5.32 Å². The van der Waals surface area contributed by atoms with Gasteiger partial charge in [0.15, 0.2) is 0 Å². The van der Waals surface area contributed by atoms with E-state index in [9.17, 15) is 4.79 Å². The van der Waals surface area contributed by atoms with E-state index in [2.05, 4.69) is 12.2 Å². The summed E-state index contributed by atoms with van der Waals surface area (Å²) in [5.41, 5.74) is -0.416. The number of nitrogens with one attached hydrogen (secondary N) is 1. The number of rotatable bonds is 3. The Labute approximate surface area is 111 Å². The second-order valence-electron chi connectivity index (χ2n) is 6.04. The van der Waals surface area contributed by atoms with Crippen LogP contribution in [0.3, 0.4) is 0 Å². The van der Waals surface area contributed by atoms with Crippen molar-refractivity contribution in [2.24, 2.45) is 0 Å². The van der Waals surface area contributed by atoms with Crippen LogP contribution in [0, 0.1) is 0 Å². The molecule has 1 saturated heterocycles. The van der Waals surface area contributed by atoms with Crippen LogP contribution in [-0.2, 0) is 4.74 Å². The maximum atomic E-state index is 12.2. The second kappa shape index (κ2) is 6.41. The van der Waals surface area contributed by atoms with Gasteiger partial charge in [-0.15, -0.1) is 0 Å². The molecule has 0 aromatic rings. The first kappa shape index (κ1) is 15.3. The van der Waals surface area contributed by atoms with Gasteiger partial charge in [-0.1, -0.05) is 6.92 Å². The predicted molar refractivity (Wildman–Crippen MR) is 73.7 cm³/mol. The Hall–Kier alpha value is -0.770. The molecule has 0 saturated carbocycles. The van der Waals surface area contributed by atoms with Gasteiger partial charge in [-0.3, -0.25) is 0 Å². The average molecular weight is 256 g/mol. The first-order valence-corrected chi connectivity index (χ1v) is 7.06. The molecular weight excluding hydrogens is 228 g/mol. The van der Waals surface area contributed by atoms with Crippen molar-refractivity contribution in [3.63, 3.8) is 0 Å². The molecule has 0 spiro atoms. The molecule has 106 valence electrons. The normalized spacial score (nSPS) is 22.7. The molecule has 1 amide bonds. The van der Waals surface area contributed by atoms with Crippen molar-refractivity contribution in [2.75, 3.05) is 13.6 Å². The smallest absolute Gasteiger partial charge is 0.410 e. The highest BCUT2D eigenvalue weighted by molar-refractivity contribution is 5.68. The van der Waals surface area contributed by atoms with Crippen LogP contribution in [0.5, 0.6) is 0 Å². The fourth-order valence-corrected chi connectivity index (χ4v) is 2.59. The molecule has 0 bridgehead atoms. The maximum Gasteiger partial charge on any atom is 0.410 e. The van der Waals surface area contributed by atoms with Crippen molar-refractivity contribution < 1.29 is 9.53 Å². The molecular formula is C14H28N2O2. The number of carbonyl (C=O) groups excluding carboxylic acids is 1. The summed E-state index contributed by atoms with van der Waals surface area (Å²) >= 11 is 0. The summed E-state index contributed by atoms with van der Waals surface area (Å²) in [6, 6.07) is 0.626. The molecule has 0 unspecified atom stereocenters. The third kappa shape index (κ3) is 4.16. The molecule has 18 heavy (non-hydrogen) atoms. The quantitative estimate of drug-likeness (QED) is 0.844. The zero-order valence-electron chi connectivity index (χ0n) is 12.5. The lowest BCUT2D eigenvalue weighted by Gasteiger charge is -2.40. The van der Waals surface area contributed by atoms with Crippen LogP contribution >= 0.6 is 0 Å². The molecule has 0 aromatic heterocycles. The minimum absolute atomic E-state index is 0.166. The van der Waals surface area contributed by atoms with Crippen LogP contribution in [0.4, 0.5) is 4.79 Å². The third-order valence-electron chi connectivity index (χ3n) is 3.45. The minimum atomic E-state index is -0.416. The number of hydrogen-bond donors (Lipinski definition) is 1. The van der Waals surface area contributed by atoms with Gasteiger partial charge in [-0.05, 0) is 53.5 Å². The number of likely N-dealkylation sites (tertiary alicyclic amines) is 1. The van der Waals surface area contributed by atoms with E-state index in [-0.39, 0.29) is 12.1 Å². The summed E-state index contributed by atoms with van der Waals surface area (Å²) in [5.74, 6) is 0. The molecule has 1 heterocycles. The Morgan fingerprint density at radius 2 is 2.11 bits per heavy atom. The molecule has 0 radical (unpaired) electrons. The number of amides is 1. The zero-order chi connectivity index (χ0) is 13.8. The molecule has 1 N–H and O–H groups in total. The van der Waals surface area contributed by atoms with Crippen molar-refractivity contribution in [3.05, 3.63) is 0 Å². The lowest BCUT2D eigenvalue weighted by atomic mass is 9.94. The zero-order valence-corrected chi connectivity index (χ0v) is 12.5. The van der Waals surface area contributed by atoms with Crippen LogP contribution in [0.1, 0.15) is 53.4 Å². The highest BCUT2D eigenvalue weighted by Gasteiger charge is 2.33. The first-order chi connectivity index (χ1) is 8.39. The molecule has 1 fully saturated rings. The van der Waals surface area contributed by atoms with Gasteiger partial charge in [0.25, 0.3) is 0 Å². The minimum Gasteiger partial charge on any atom is -0.444 e. The van der Waals surface area contributed by atoms with Crippen LogP contribution in [0.15, 0.2) is 0 Å². The van der Waals surface area contributed by atoms with E-state index in [1.807, 2.05) is 32.7 Å². The summed E-state index contributed by atoms with van der Waals surface area (Å²) in [4.78, 5) is 14.2. The van der Waals surface area contributed by atoms with Gasteiger partial charge in [0.2, 0.25) is 0 Å². The summed E-state index contributed by atoms with van der Waals surface area (Å²) in [5, 5.41) is 3.32. The largest absolute Gasteiger partial charge is 0.444 e. The summed E-state index contributed by atoms with van der Waals surface area (Å²) < 4.78 is 5.51. The Bertz CT molecular complexity index is 269. The lowest BCUT2D eigenvalue weighted by Crippen LogP contribution is -2.54. The van der Waals surface area contributed by atoms with E-state index in [0.29, 0.717) is 6.04 Å². The number of carbonyl (C=O) groups is 1. The number of hydrogen-bond acceptors (Lipinski definition) is 3. The van der Waals surface area contributed by atoms with E-state index in [4.69, 9.17) is 4.74 Å². The lowest BCUT2D eigenvalue weighted by molar-refractivity contribution is 0.00492. The topological polar surface area (TPSA) is 41.6 Å². The Kier molecular flexibility index (Phi) is 5.45. The fraction of sp³-hybridized carbons (Fsp3) is 0.929. The summed E-state index contributed by atoms with van der Waals surface area (Å²) in [6.45, 7) is 8.72. The predicted octanol–water partition coefficient (Wildman–Crippen LogP) is 2.77. The molecule has 2 atom stereocenters. The standard InChI is InChI=1S/C14H28N2O2/c1-6-11(15-5)12-9-7-8-10-16(12)13(17)18-14(2,3)4/h11-12,15H,6-10H2,1-5H3/t11-,12-/m1/s1. The Balaban J connectivity index is 2.72. The van der Waals surface area contributed by atoms with E-state index in [1.165, 1.54) is 6.42 Å². The number of likely N-dealkylation sites (N-methyl/N-ethyl adjacent to an activating group) is 1. The van der Waals surface area contributed by atoms with E-state index >= 15 is 0 Å². The Morgan fingerprint density at radius 1 is 1.44 bits per heavy atom. The van der Waals surface area contributed by atoms with Gasteiger partial charge in [0.1, 0.15) is 5.60 Å². The van der Waals surface area contributed by atoms with E-state index in [1.54, 1.807) is 0 Å². The van der Waals surface area contributed by atoms with Gasteiger partial charge in [0.05, 0.1) is 6.04 Å². The van der Waals surface area contributed by atoms with Crippen LogP contribution in [0.25, 0.3) is 0 Å². The van der Waals surface area contributed by atoms with Gasteiger partial charge in [-0.25, -0.2) is 4.79 Å². The van der Waals surface area contributed by atoms with E-state index < -0.39 is 5.60 Å². The molecule has 4 heteroatoms. The molecule has 0 aliphatic carbocycles. The Morgan fingerprint density at radius 3 is 2.61 bits per heavy atom. The number of ether oxygens (including phenoxy) is 1. The molecule has 0 aromatic carbocycles. The second-order valence-corrected chi connectivity index (χ2v) is 6.04. The summed E-state index contributed by atoms with van der Waals surface area (Å²) in [7, 11) is 1.97. The van der Waals surface area contributed by atoms with Crippen LogP contribution in [0.2, 0.25) is 0 Å². The highest BCUT2D eigenvalue weighted by atomic mass is 16.6. The first-order valence-electron chi connectivity index (χ1n) is 7.06.